The highest BCUT2D eigenvalue weighted by atomic mass is 16.3. The van der Waals surface area contributed by atoms with Crippen LogP contribution in [0.15, 0.2) is 24.3 Å². The number of rotatable bonds is 4. The molecule has 4 heteroatoms. The van der Waals surface area contributed by atoms with Gasteiger partial charge >= 0.3 is 0 Å². The first-order valence-corrected chi connectivity index (χ1v) is 6.21. The maximum Gasteiger partial charge on any atom is 0.0550 e. The van der Waals surface area contributed by atoms with Crippen molar-refractivity contribution in [1.82, 2.24) is 0 Å². The second-order valence-corrected chi connectivity index (χ2v) is 5.24. The Bertz CT molecular complexity index is 369. The predicted molar refractivity (Wildman–Crippen MR) is 67.4 cm³/mol. The zero-order chi connectivity index (χ0) is 13.2. The molecule has 0 aliphatic heterocycles. The molecular formula is C14H20O4. The smallest absolute Gasteiger partial charge is 0.0550 e. The first kappa shape index (κ1) is 13.5. The largest absolute Gasteiger partial charge is 0.395 e. The molecule has 0 unspecified atom stereocenters. The molecule has 18 heavy (non-hydrogen) atoms. The van der Waals surface area contributed by atoms with Gasteiger partial charge in [0.15, 0.2) is 0 Å². The first-order valence-electron chi connectivity index (χ1n) is 6.21. The van der Waals surface area contributed by atoms with Crippen molar-refractivity contribution >= 4 is 0 Å². The van der Waals surface area contributed by atoms with Gasteiger partial charge in [0.2, 0.25) is 0 Å². The first-order chi connectivity index (χ1) is 8.68. The van der Waals surface area contributed by atoms with Crippen LogP contribution in [0.2, 0.25) is 0 Å². The van der Waals surface area contributed by atoms with Gasteiger partial charge < -0.3 is 20.4 Å². The minimum absolute atomic E-state index is 0.131. The van der Waals surface area contributed by atoms with Crippen LogP contribution in [0, 0.1) is 0 Å². The van der Waals surface area contributed by atoms with Crippen LogP contribution < -0.4 is 0 Å². The second kappa shape index (κ2) is 4.97. The molecule has 0 saturated heterocycles. The lowest BCUT2D eigenvalue weighted by Gasteiger charge is -2.45. The molecule has 0 atom stereocenters. The Kier molecular flexibility index (Phi) is 3.73. The summed E-state index contributed by atoms with van der Waals surface area (Å²) in [5.41, 5.74) is 0.350. The maximum absolute atomic E-state index is 9.62. The van der Waals surface area contributed by atoms with Crippen molar-refractivity contribution in [2.75, 3.05) is 26.4 Å². The van der Waals surface area contributed by atoms with Gasteiger partial charge in [-0.3, -0.25) is 0 Å². The third-order valence-electron chi connectivity index (χ3n) is 4.36. The average Bonchev–Trinajstić information content (AvgIpc) is 2.46. The Balaban J connectivity index is 2.60. The van der Waals surface area contributed by atoms with Crippen molar-refractivity contribution in [3.05, 3.63) is 35.4 Å². The molecule has 1 aromatic carbocycles. The van der Waals surface area contributed by atoms with Crippen LogP contribution in [0.25, 0.3) is 0 Å². The maximum atomic E-state index is 9.62. The summed E-state index contributed by atoms with van der Waals surface area (Å²) < 4.78 is 0. The summed E-state index contributed by atoms with van der Waals surface area (Å²) in [4.78, 5) is 0. The second-order valence-electron chi connectivity index (χ2n) is 5.24. The minimum atomic E-state index is -0.662. The third kappa shape index (κ3) is 1.77. The molecule has 0 fully saturated rings. The van der Waals surface area contributed by atoms with Gasteiger partial charge in [0.25, 0.3) is 0 Å². The van der Waals surface area contributed by atoms with E-state index in [0.29, 0.717) is 12.8 Å². The van der Waals surface area contributed by atoms with Gasteiger partial charge in [0.1, 0.15) is 0 Å². The van der Waals surface area contributed by atoms with Gasteiger partial charge in [-0.2, -0.15) is 0 Å². The molecule has 4 nitrogen and oxygen atoms in total. The zero-order valence-corrected chi connectivity index (χ0v) is 10.3. The van der Waals surface area contributed by atoms with Crippen molar-refractivity contribution < 1.29 is 20.4 Å². The summed E-state index contributed by atoms with van der Waals surface area (Å²) in [6.07, 6.45) is 1.11. The zero-order valence-electron chi connectivity index (χ0n) is 10.3. The third-order valence-corrected chi connectivity index (χ3v) is 4.36. The Morgan fingerprint density at radius 2 is 1.06 bits per heavy atom. The van der Waals surface area contributed by atoms with Crippen LogP contribution in [0.4, 0.5) is 0 Å². The van der Waals surface area contributed by atoms with E-state index in [0.717, 1.165) is 11.1 Å². The van der Waals surface area contributed by atoms with E-state index in [1.807, 2.05) is 24.3 Å². The van der Waals surface area contributed by atoms with Crippen molar-refractivity contribution in [2.45, 2.75) is 23.7 Å². The number of benzene rings is 1. The molecule has 0 amide bonds. The Morgan fingerprint density at radius 3 is 1.33 bits per heavy atom. The van der Waals surface area contributed by atoms with E-state index in [2.05, 4.69) is 0 Å². The number of aliphatic hydroxyl groups is 4. The van der Waals surface area contributed by atoms with Crippen molar-refractivity contribution in [3.63, 3.8) is 0 Å². The SMILES string of the molecule is OCC1(CO)CCC(CO)(CO)c2ccccc21. The summed E-state index contributed by atoms with van der Waals surface area (Å²) in [5.74, 6) is 0. The number of hydrogen-bond acceptors (Lipinski definition) is 4. The molecule has 1 aromatic rings. The molecule has 0 aromatic heterocycles. The number of hydrogen-bond donors (Lipinski definition) is 4. The predicted octanol–water partition coefficient (Wildman–Crippen LogP) is -0.0748. The number of fused-ring (bicyclic) bond motifs is 1. The molecule has 0 radical (unpaired) electrons. The van der Waals surface area contributed by atoms with Crippen LogP contribution in [0.1, 0.15) is 24.0 Å². The van der Waals surface area contributed by atoms with Gasteiger partial charge in [-0.1, -0.05) is 24.3 Å². The molecule has 0 heterocycles. The van der Waals surface area contributed by atoms with Gasteiger partial charge in [-0.15, -0.1) is 0 Å². The molecule has 1 aliphatic carbocycles. The Morgan fingerprint density at radius 1 is 0.722 bits per heavy atom. The molecule has 4 N–H and O–H groups in total. The monoisotopic (exact) mass is 252 g/mol. The van der Waals surface area contributed by atoms with E-state index in [1.165, 1.54) is 0 Å². The molecular weight excluding hydrogens is 232 g/mol. The lowest BCUT2D eigenvalue weighted by molar-refractivity contribution is 0.0526. The lowest BCUT2D eigenvalue weighted by Crippen LogP contribution is -2.48. The van der Waals surface area contributed by atoms with E-state index in [9.17, 15) is 20.4 Å². The molecule has 0 spiro atoms. The van der Waals surface area contributed by atoms with Crippen molar-refractivity contribution in [1.29, 1.82) is 0 Å². The van der Waals surface area contributed by atoms with Crippen molar-refractivity contribution in [2.24, 2.45) is 0 Å². The van der Waals surface area contributed by atoms with E-state index in [4.69, 9.17) is 0 Å². The van der Waals surface area contributed by atoms with Gasteiger partial charge in [-0.25, -0.2) is 0 Å². The molecule has 0 bridgehead atoms. The normalized spacial score (nSPS) is 20.4. The fourth-order valence-electron chi connectivity index (χ4n) is 2.91. The highest BCUT2D eigenvalue weighted by Gasteiger charge is 2.45. The highest BCUT2D eigenvalue weighted by molar-refractivity contribution is 5.43. The number of aliphatic hydroxyl groups excluding tert-OH is 4. The van der Waals surface area contributed by atoms with E-state index >= 15 is 0 Å². The Labute approximate surface area is 107 Å². The fourth-order valence-corrected chi connectivity index (χ4v) is 2.91. The van der Waals surface area contributed by atoms with E-state index in [1.54, 1.807) is 0 Å². The summed E-state index contributed by atoms with van der Waals surface area (Å²) in [5, 5.41) is 38.5. The van der Waals surface area contributed by atoms with Crippen LogP contribution in [-0.2, 0) is 10.8 Å². The van der Waals surface area contributed by atoms with Crippen LogP contribution in [-0.4, -0.2) is 46.9 Å². The summed E-state index contributed by atoms with van der Waals surface area (Å²) in [6, 6.07) is 7.43. The van der Waals surface area contributed by atoms with Crippen LogP contribution in [0.5, 0.6) is 0 Å². The average molecular weight is 252 g/mol. The topological polar surface area (TPSA) is 80.9 Å². The molecule has 1 aliphatic rings. The van der Waals surface area contributed by atoms with E-state index in [-0.39, 0.29) is 26.4 Å². The van der Waals surface area contributed by atoms with Gasteiger partial charge in [0, 0.05) is 10.8 Å². The summed E-state index contributed by atoms with van der Waals surface area (Å²) >= 11 is 0. The lowest BCUT2D eigenvalue weighted by atomic mass is 9.61. The fraction of sp³-hybridized carbons (Fsp3) is 0.571. The quantitative estimate of drug-likeness (QED) is 0.604. The van der Waals surface area contributed by atoms with Crippen LogP contribution >= 0.6 is 0 Å². The highest BCUT2D eigenvalue weighted by Crippen LogP contribution is 2.45. The van der Waals surface area contributed by atoms with Gasteiger partial charge in [0.05, 0.1) is 26.4 Å². The van der Waals surface area contributed by atoms with Crippen molar-refractivity contribution in [3.8, 4) is 0 Å². The summed E-state index contributed by atoms with van der Waals surface area (Å²) in [6.45, 7) is -0.526. The molecule has 0 saturated carbocycles. The minimum Gasteiger partial charge on any atom is -0.395 e. The van der Waals surface area contributed by atoms with Crippen LogP contribution in [0.3, 0.4) is 0 Å². The standard InChI is InChI=1S/C14H20O4/c15-7-13(8-16)5-6-14(9-17,10-18)12-4-2-1-3-11(12)13/h1-4,15-18H,5-10H2. The molecule has 100 valence electrons. The molecule has 2 rings (SSSR count). The van der Waals surface area contributed by atoms with Gasteiger partial charge in [-0.05, 0) is 24.0 Å². The Hall–Kier alpha value is -0.940. The summed E-state index contributed by atoms with van der Waals surface area (Å²) in [7, 11) is 0. The van der Waals surface area contributed by atoms with E-state index < -0.39 is 10.8 Å².